The van der Waals surface area contributed by atoms with E-state index in [1.165, 1.54) is 0 Å². The number of aromatic nitrogens is 3. The predicted octanol–water partition coefficient (Wildman–Crippen LogP) is 1.86. The van der Waals surface area contributed by atoms with Crippen molar-refractivity contribution in [2.75, 3.05) is 7.11 Å². The molecule has 19 heavy (non-hydrogen) atoms. The molecule has 0 bridgehead atoms. The molecule has 3 rings (SSSR count). The van der Waals surface area contributed by atoms with Crippen LogP contribution in [0.1, 0.15) is 5.69 Å². The Bertz CT molecular complexity index is 720. The van der Waals surface area contributed by atoms with Gasteiger partial charge in [0.2, 0.25) is 0 Å². The van der Waals surface area contributed by atoms with E-state index < -0.39 is 0 Å². The van der Waals surface area contributed by atoms with Gasteiger partial charge in [0.25, 0.3) is 0 Å². The molecule has 0 amide bonds. The van der Waals surface area contributed by atoms with Crippen LogP contribution in [0.3, 0.4) is 0 Å². The third kappa shape index (κ3) is 2.15. The van der Waals surface area contributed by atoms with E-state index in [0.717, 1.165) is 28.3 Å². The van der Waals surface area contributed by atoms with Crippen LogP contribution in [0.4, 0.5) is 0 Å². The maximum Gasteiger partial charge on any atom is 0.153 e. The first kappa shape index (κ1) is 11.7. The van der Waals surface area contributed by atoms with Gasteiger partial charge in [-0.05, 0) is 24.3 Å². The summed E-state index contributed by atoms with van der Waals surface area (Å²) < 4.78 is 6.97. The molecule has 2 heterocycles. The first-order chi connectivity index (χ1) is 9.30. The highest BCUT2D eigenvalue weighted by molar-refractivity contribution is 5.62. The molecule has 0 atom stereocenters. The first-order valence-corrected chi connectivity index (χ1v) is 6.00. The average Bonchev–Trinajstić information content (AvgIpc) is 2.89. The van der Waals surface area contributed by atoms with Crippen molar-refractivity contribution in [1.82, 2.24) is 14.6 Å². The fourth-order valence-corrected chi connectivity index (χ4v) is 1.97. The van der Waals surface area contributed by atoms with Crippen molar-refractivity contribution in [1.29, 1.82) is 0 Å². The SMILES string of the molecule is COc1cccc(-c2ccc3nc(CN)cn3n2)c1. The number of nitrogens with zero attached hydrogens (tertiary/aromatic N) is 3. The van der Waals surface area contributed by atoms with Gasteiger partial charge in [0.1, 0.15) is 5.75 Å². The molecule has 5 nitrogen and oxygen atoms in total. The maximum absolute atomic E-state index is 5.58. The Morgan fingerprint density at radius 1 is 1.26 bits per heavy atom. The van der Waals surface area contributed by atoms with Gasteiger partial charge in [0.15, 0.2) is 5.65 Å². The van der Waals surface area contributed by atoms with E-state index in [2.05, 4.69) is 10.1 Å². The van der Waals surface area contributed by atoms with Gasteiger partial charge in [-0.25, -0.2) is 9.50 Å². The Balaban J connectivity index is 2.08. The molecule has 0 spiro atoms. The molecule has 2 N–H and O–H groups in total. The van der Waals surface area contributed by atoms with Crippen LogP contribution in [0, 0.1) is 0 Å². The lowest BCUT2D eigenvalue weighted by molar-refractivity contribution is 0.415. The van der Waals surface area contributed by atoms with E-state index in [1.807, 2.05) is 42.6 Å². The summed E-state index contributed by atoms with van der Waals surface area (Å²) in [6, 6.07) is 11.7. The van der Waals surface area contributed by atoms with E-state index in [-0.39, 0.29) is 0 Å². The van der Waals surface area contributed by atoms with Gasteiger partial charge in [-0.2, -0.15) is 5.10 Å². The number of hydrogen-bond acceptors (Lipinski definition) is 4. The number of rotatable bonds is 3. The van der Waals surface area contributed by atoms with Crippen LogP contribution in [0.15, 0.2) is 42.6 Å². The van der Waals surface area contributed by atoms with Crippen LogP contribution < -0.4 is 10.5 Å². The second kappa shape index (κ2) is 4.70. The third-order valence-electron chi connectivity index (χ3n) is 2.94. The fraction of sp³-hybridized carbons (Fsp3) is 0.143. The quantitative estimate of drug-likeness (QED) is 0.774. The van der Waals surface area contributed by atoms with Gasteiger partial charge in [-0.15, -0.1) is 0 Å². The maximum atomic E-state index is 5.58. The van der Waals surface area contributed by atoms with Crippen LogP contribution in [0.25, 0.3) is 16.9 Å². The Hall–Kier alpha value is -2.40. The summed E-state index contributed by atoms with van der Waals surface area (Å²) in [5.74, 6) is 0.813. The fourth-order valence-electron chi connectivity index (χ4n) is 1.97. The normalized spacial score (nSPS) is 10.8. The van der Waals surface area contributed by atoms with E-state index in [0.29, 0.717) is 6.54 Å². The molecule has 0 aliphatic rings. The minimum Gasteiger partial charge on any atom is -0.497 e. The van der Waals surface area contributed by atoms with Crippen molar-refractivity contribution in [3.63, 3.8) is 0 Å². The molecule has 1 aromatic carbocycles. The molecule has 0 fully saturated rings. The summed E-state index contributed by atoms with van der Waals surface area (Å²) in [5, 5.41) is 4.53. The summed E-state index contributed by atoms with van der Waals surface area (Å²) in [7, 11) is 1.65. The minimum atomic E-state index is 0.415. The second-order valence-corrected chi connectivity index (χ2v) is 4.19. The molecule has 5 heteroatoms. The number of nitrogens with two attached hydrogens (primary N) is 1. The van der Waals surface area contributed by atoms with Crippen molar-refractivity contribution < 1.29 is 4.74 Å². The zero-order valence-corrected chi connectivity index (χ0v) is 10.6. The van der Waals surface area contributed by atoms with Gasteiger partial charge < -0.3 is 10.5 Å². The van der Waals surface area contributed by atoms with Crippen LogP contribution in [0.2, 0.25) is 0 Å². The molecule has 3 aromatic rings. The molecular formula is C14H14N4O. The number of imidazole rings is 1. The number of benzene rings is 1. The summed E-state index contributed by atoms with van der Waals surface area (Å²) in [6.07, 6.45) is 1.85. The van der Waals surface area contributed by atoms with Crippen molar-refractivity contribution >= 4 is 5.65 Å². The van der Waals surface area contributed by atoms with Crippen molar-refractivity contribution in [2.24, 2.45) is 5.73 Å². The zero-order chi connectivity index (χ0) is 13.2. The van der Waals surface area contributed by atoms with Crippen molar-refractivity contribution in [3.05, 3.63) is 48.3 Å². The molecule has 0 radical (unpaired) electrons. The summed E-state index contributed by atoms with van der Waals surface area (Å²) in [5.41, 5.74) is 9.08. The first-order valence-electron chi connectivity index (χ1n) is 6.00. The number of hydrogen-bond donors (Lipinski definition) is 1. The number of fused-ring (bicyclic) bond motifs is 1. The van der Waals surface area contributed by atoms with Gasteiger partial charge in [-0.3, -0.25) is 0 Å². The highest BCUT2D eigenvalue weighted by atomic mass is 16.5. The van der Waals surface area contributed by atoms with Crippen molar-refractivity contribution in [3.8, 4) is 17.0 Å². The van der Waals surface area contributed by atoms with E-state index >= 15 is 0 Å². The Kier molecular flexibility index (Phi) is 2.89. The lowest BCUT2D eigenvalue weighted by Crippen LogP contribution is -1.95. The number of ether oxygens (including phenoxy) is 1. The molecule has 0 aliphatic carbocycles. The monoisotopic (exact) mass is 254 g/mol. The van der Waals surface area contributed by atoms with Crippen LogP contribution in [-0.4, -0.2) is 21.7 Å². The van der Waals surface area contributed by atoms with E-state index in [9.17, 15) is 0 Å². The van der Waals surface area contributed by atoms with Gasteiger partial charge in [0.05, 0.1) is 24.7 Å². The molecule has 0 aliphatic heterocycles. The Morgan fingerprint density at radius 2 is 2.16 bits per heavy atom. The summed E-state index contributed by atoms with van der Waals surface area (Å²) in [4.78, 5) is 4.35. The standard InChI is InChI=1S/C14H14N4O/c1-19-12-4-2-3-10(7-12)13-5-6-14-16-11(8-15)9-18(14)17-13/h2-7,9H,8,15H2,1H3. The average molecular weight is 254 g/mol. The largest absolute Gasteiger partial charge is 0.497 e. The second-order valence-electron chi connectivity index (χ2n) is 4.19. The molecule has 0 unspecified atom stereocenters. The smallest absolute Gasteiger partial charge is 0.153 e. The molecular weight excluding hydrogens is 240 g/mol. The lowest BCUT2D eigenvalue weighted by atomic mass is 10.1. The topological polar surface area (TPSA) is 65.4 Å². The third-order valence-corrected chi connectivity index (χ3v) is 2.94. The Labute approximate surface area is 110 Å². The predicted molar refractivity (Wildman–Crippen MR) is 72.9 cm³/mol. The molecule has 96 valence electrons. The molecule has 0 saturated heterocycles. The van der Waals surface area contributed by atoms with E-state index in [4.69, 9.17) is 10.5 Å². The molecule has 2 aromatic heterocycles. The van der Waals surface area contributed by atoms with E-state index in [1.54, 1.807) is 11.6 Å². The van der Waals surface area contributed by atoms with Gasteiger partial charge >= 0.3 is 0 Å². The molecule has 0 saturated carbocycles. The van der Waals surface area contributed by atoms with Gasteiger partial charge in [-0.1, -0.05) is 12.1 Å². The Morgan fingerprint density at radius 3 is 2.95 bits per heavy atom. The van der Waals surface area contributed by atoms with Crippen LogP contribution >= 0.6 is 0 Å². The van der Waals surface area contributed by atoms with Crippen LogP contribution in [0.5, 0.6) is 5.75 Å². The van der Waals surface area contributed by atoms with Gasteiger partial charge in [0, 0.05) is 12.1 Å². The van der Waals surface area contributed by atoms with Crippen LogP contribution in [-0.2, 0) is 6.54 Å². The van der Waals surface area contributed by atoms with Crippen molar-refractivity contribution in [2.45, 2.75) is 6.54 Å². The highest BCUT2D eigenvalue weighted by Crippen LogP contribution is 2.22. The highest BCUT2D eigenvalue weighted by Gasteiger charge is 2.05. The summed E-state index contributed by atoms with van der Waals surface area (Å²) >= 11 is 0. The lowest BCUT2D eigenvalue weighted by Gasteiger charge is -2.04. The number of methoxy groups -OCH3 is 1. The minimum absolute atomic E-state index is 0.415. The summed E-state index contributed by atoms with van der Waals surface area (Å²) in [6.45, 7) is 0.415. The zero-order valence-electron chi connectivity index (χ0n) is 10.6.